The molecule has 0 saturated carbocycles. The molecule has 0 heterocycles. The summed E-state index contributed by atoms with van der Waals surface area (Å²) in [6, 6.07) is 8.92. The Morgan fingerprint density at radius 1 is 1.15 bits per heavy atom. The van der Waals surface area contributed by atoms with E-state index in [-0.39, 0.29) is 13.2 Å². The number of ether oxygens (including phenoxy) is 2. The fraction of sp³-hybridized carbons (Fsp3) is 0.500. The van der Waals surface area contributed by atoms with E-state index in [1.807, 2.05) is 6.07 Å². The first kappa shape index (κ1) is 22.4. The summed E-state index contributed by atoms with van der Waals surface area (Å²) in [6.07, 6.45) is -1.92. The highest BCUT2D eigenvalue weighted by Gasteiger charge is 2.31. The third kappa shape index (κ3) is 9.02. The maximum atomic E-state index is 12.4. The van der Waals surface area contributed by atoms with E-state index in [4.69, 9.17) is 19.4 Å². The number of nitrogens with one attached hydrogen (secondary N) is 1. The van der Waals surface area contributed by atoms with Crippen LogP contribution in [-0.4, -0.2) is 54.0 Å². The Bertz CT molecular complexity index is 619. The van der Waals surface area contributed by atoms with Crippen LogP contribution in [-0.2, 0) is 25.7 Å². The van der Waals surface area contributed by atoms with Gasteiger partial charge in [-0.1, -0.05) is 30.3 Å². The number of imide groups is 1. The quantitative estimate of drug-likeness (QED) is 0.469. The molecule has 27 heavy (non-hydrogen) atoms. The first-order valence-corrected chi connectivity index (χ1v) is 8.44. The van der Waals surface area contributed by atoms with Gasteiger partial charge in [-0.3, -0.25) is 4.79 Å². The molecule has 0 aliphatic heterocycles. The zero-order chi connectivity index (χ0) is 20.3. The van der Waals surface area contributed by atoms with Gasteiger partial charge in [-0.15, -0.1) is 0 Å². The SMILES string of the molecule is CONCCC(C)(C)OC(=O)N(CCC(=O)O)C(=O)OCc1ccccc1. The van der Waals surface area contributed by atoms with Crippen molar-refractivity contribution in [1.29, 1.82) is 0 Å². The highest BCUT2D eigenvalue weighted by Crippen LogP contribution is 2.17. The summed E-state index contributed by atoms with van der Waals surface area (Å²) in [7, 11) is 1.47. The van der Waals surface area contributed by atoms with E-state index >= 15 is 0 Å². The highest BCUT2D eigenvalue weighted by atomic mass is 16.6. The lowest BCUT2D eigenvalue weighted by Gasteiger charge is -2.28. The molecule has 0 unspecified atom stereocenters. The molecule has 9 heteroatoms. The van der Waals surface area contributed by atoms with Gasteiger partial charge in [0.2, 0.25) is 0 Å². The van der Waals surface area contributed by atoms with Gasteiger partial charge in [0.15, 0.2) is 0 Å². The number of hydrogen-bond acceptors (Lipinski definition) is 7. The molecule has 0 bridgehead atoms. The molecule has 0 spiro atoms. The molecule has 0 aromatic heterocycles. The second-order valence-corrected chi connectivity index (χ2v) is 6.31. The van der Waals surface area contributed by atoms with Gasteiger partial charge in [-0.25, -0.2) is 20.0 Å². The van der Waals surface area contributed by atoms with Gasteiger partial charge in [0, 0.05) is 19.5 Å². The summed E-state index contributed by atoms with van der Waals surface area (Å²) in [5.74, 6) is -1.15. The fourth-order valence-electron chi connectivity index (χ4n) is 2.06. The fourth-order valence-corrected chi connectivity index (χ4v) is 2.06. The molecule has 0 fully saturated rings. The zero-order valence-corrected chi connectivity index (χ0v) is 15.8. The van der Waals surface area contributed by atoms with Crippen LogP contribution in [0, 0.1) is 0 Å². The maximum absolute atomic E-state index is 12.4. The third-order valence-corrected chi connectivity index (χ3v) is 3.53. The van der Waals surface area contributed by atoms with Crippen molar-refractivity contribution in [3.05, 3.63) is 35.9 Å². The van der Waals surface area contributed by atoms with Crippen molar-refractivity contribution >= 4 is 18.2 Å². The minimum Gasteiger partial charge on any atom is -0.481 e. The number of rotatable bonds is 10. The second kappa shape index (κ2) is 11.1. The van der Waals surface area contributed by atoms with Gasteiger partial charge in [0.1, 0.15) is 12.2 Å². The molecule has 1 aromatic carbocycles. The number of carbonyl (C=O) groups excluding carboxylic acids is 2. The predicted octanol–water partition coefficient (Wildman–Crippen LogP) is 2.56. The monoisotopic (exact) mass is 382 g/mol. The molecule has 0 aliphatic rings. The molecule has 0 aliphatic carbocycles. The van der Waals surface area contributed by atoms with Crippen molar-refractivity contribution in [2.45, 2.75) is 38.9 Å². The number of nitrogens with zero attached hydrogens (tertiary/aromatic N) is 1. The van der Waals surface area contributed by atoms with E-state index < -0.39 is 30.2 Å². The van der Waals surface area contributed by atoms with Crippen LogP contribution in [0.1, 0.15) is 32.3 Å². The van der Waals surface area contributed by atoms with Gasteiger partial charge in [-0.2, -0.15) is 0 Å². The Morgan fingerprint density at radius 2 is 1.81 bits per heavy atom. The summed E-state index contributed by atoms with van der Waals surface area (Å²) < 4.78 is 10.5. The van der Waals surface area contributed by atoms with Crippen molar-refractivity contribution in [2.24, 2.45) is 0 Å². The molecule has 1 rings (SSSR count). The second-order valence-electron chi connectivity index (χ2n) is 6.31. The molecule has 9 nitrogen and oxygen atoms in total. The van der Waals surface area contributed by atoms with Crippen molar-refractivity contribution in [2.75, 3.05) is 20.2 Å². The van der Waals surface area contributed by atoms with Crippen LogP contribution in [0.15, 0.2) is 30.3 Å². The van der Waals surface area contributed by atoms with Gasteiger partial charge >= 0.3 is 18.2 Å². The number of carbonyl (C=O) groups is 3. The van der Waals surface area contributed by atoms with Gasteiger partial charge in [0.05, 0.1) is 13.5 Å². The Labute approximate surface area is 158 Å². The number of hydroxylamine groups is 1. The number of amides is 2. The lowest BCUT2D eigenvalue weighted by Crippen LogP contribution is -2.43. The Morgan fingerprint density at radius 3 is 2.41 bits per heavy atom. The summed E-state index contributed by atoms with van der Waals surface area (Å²) >= 11 is 0. The minimum absolute atomic E-state index is 0.0440. The molecule has 0 saturated heterocycles. The first-order valence-electron chi connectivity index (χ1n) is 8.44. The minimum atomic E-state index is -1.15. The van der Waals surface area contributed by atoms with Crippen LogP contribution in [0.5, 0.6) is 0 Å². The lowest BCUT2D eigenvalue weighted by atomic mass is 10.1. The smallest absolute Gasteiger partial charge is 0.419 e. The highest BCUT2D eigenvalue weighted by molar-refractivity contribution is 5.88. The van der Waals surface area contributed by atoms with Crippen molar-refractivity contribution in [1.82, 2.24) is 10.4 Å². The van der Waals surface area contributed by atoms with Crippen LogP contribution in [0.25, 0.3) is 0 Å². The summed E-state index contributed by atoms with van der Waals surface area (Å²) in [5.41, 5.74) is 2.47. The van der Waals surface area contributed by atoms with Crippen LogP contribution >= 0.6 is 0 Å². The molecule has 2 N–H and O–H groups in total. The van der Waals surface area contributed by atoms with Crippen molar-refractivity contribution in [3.63, 3.8) is 0 Å². The van der Waals surface area contributed by atoms with Gasteiger partial charge < -0.3 is 19.4 Å². The largest absolute Gasteiger partial charge is 0.481 e. The van der Waals surface area contributed by atoms with Gasteiger partial charge in [-0.05, 0) is 19.4 Å². The van der Waals surface area contributed by atoms with Crippen molar-refractivity contribution in [3.8, 4) is 0 Å². The molecule has 2 amide bonds. The first-order chi connectivity index (χ1) is 12.7. The zero-order valence-electron chi connectivity index (χ0n) is 15.8. The van der Waals surface area contributed by atoms with Crippen LogP contribution < -0.4 is 5.48 Å². The molecular formula is C18H26N2O7. The topological polar surface area (TPSA) is 114 Å². The summed E-state index contributed by atoms with van der Waals surface area (Å²) in [4.78, 5) is 40.9. The van der Waals surface area contributed by atoms with E-state index in [0.717, 1.165) is 5.56 Å². The Hall–Kier alpha value is -2.65. The Kier molecular flexibility index (Phi) is 9.24. The molecule has 0 atom stereocenters. The number of carboxylic acid groups (broad SMARTS) is 1. The number of carboxylic acids is 1. The molecule has 1 aromatic rings. The van der Waals surface area contributed by atoms with Crippen LogP contribution in [0.3, 0.4) is 0 Å². The van der Waals surface area contributed by atoms with Crippen LogP contribution in [0.2, 0.25) is 0 Å². The van der Waals surface area contributed by atoms with E-state index in [1.165, 1.54) is 7.11 Å². The van der Waals surface area contributed by atoms with Crippen LogP contribution in [0.4, 0.5) is 9.59 Å². The lowest BCUT2D eigenvalue weighted by molar-refractivity contribution is -0.137. The predicted molar refractivity (Wildman–Crippen MR) is 95.8 cm³/mol. The number of aliphatic carboxylic acids is 1. The van der Waals surface area contributed by atoms with Crippen molar-refractivity contribution < 1.29 is 33.8 Å². The Balaban J connectivity index is 2.71. The normalized spacial score (nSPS) is 10.9. The number of hydrogen-bond donors (Lipinski definition) is 2. The molecule has 0 radical (unpaired) electrons. The average molecular weight is 382 g/mol. The average Bonchev–Trinajstić information content (AvgIpc) is 2.60. The third-order valence-electron chi connectivity index (χ3n) is 3.53. The van der Waals surface area contributed by atoms with Gasteiger partial charge in [0.25, 0.3) is 0 Å². The molecule has 150 valence electrons. The van der Waals surface area contributed by atoms with E-state index in [2.05, 4.69) is 5.48 Å². The standard InChI is InChI=1S/C18H26N2O7/c1-18(2,10-11-19-25-3)27-17(24)20(12-9-15(21)22)16(23)26-13-14-7-5-4-6-8-14/h4-8,19H,9-13H2,1-3H3,(H,21,22). The molecular weight excluding hydrogens is 356 g/mol. The van der Waals surface area contributed by atoms with E-state index in [0.29, 0.717) is 17.9 Å². The van der Waals surface area contributed by atoms with E-state index in [9.17, 15) is 14.4 Å². The number of benzene rings is 1. The summed E-state index contributed by atoms with van der Waals surface area (Å²) in [5, 5.41) is 8.86. The summed E-state index contributed by atoms with van der Waals surface area (Å²) in [6.45, 7) is 3.37. The maximum Gasteiger partial charge on any atom is 0.419 e. The van der Waals surface area contributed by atoms with E-state index in [1.54, 1.807) is 38.1 Å².